The van der Waals surface area contributed by atoms with Crippen molar-refractivity contribution < 1.29 is 28.0 Å². The van der Waals surface area contributed by atoms with Crippen molar-refractivity contribution in [3.05, 3.63) is 47.3 Å². The van der Waals surface area contributed by atoms with Crippen LogP contribution in [-0.2, 0) is 22.9 Å². The van der Waals surface area contributed by atoms with Gasteiger partial charge < -0.3 is 18.4 Å². The number of carbonyl (C=O) groups excluding carboxylic acids is 1. The molecular weight excluding hydrogens is 771 g/mol. The number of Topliss-reactive ketones (excluding diaryl/α,β-unsaturated/α-hetero) is 1. The molecule has 58 heavy (non-hydrogen) atoms. The van der Waals surface area contributed by atoms with E-state index in [2.05, 4.69) is 146 Å². The van der Waals surface area contributed by atoms with Gasteiger partial charge in [0, 0.05) is 17.5 Å². The summed E-state index contributed by atoms with van der Waals surface area (Å²) in [5.74, 6) is -1.13. The zero-order chi connectivity index (χ0) is 45.3. The predicted octanol–water partition coefficient (Wildman–Crippen LogP) is 14.3. The van der Waals surface area contributed by atoms with Gasteiger partial charge in [-0.25, -0.2) is 0 Å². The van der Waals surface area contributed by atoms with E-state index < -0.39 is 42.4 Å². The highest BCUT2D eigenvalue weighted by Gasteiger charge is 2.50. The second kappa shape index (κ2) is 21.4. The van der Waals surface area contributed by atoms with Gasteiger partial charge in [0.05, 0.1) is 30.4 Å². The summed E-state index contributed by atoms with van der Waals surface area (Å²) in [6.45, 7) is 46.1. The molecule has 1 N–H and O–H groups in total. The number of nitrogens with zero attached hydrogens (tertiary/aromatic N) is 1. The van der Waals surface area contributed by atoms with E-state index in [1.165, 1.54) is 11.1 Å². The summed E-state index contributed by atoms with van der Waals surface area (Å²) in [4.78, 5) is 32.0. The fraction of sp³-hybridized carbons (Fsp3) is 0.771. The Bertz CT molecular complexity index is 1510. The molecule has 7 nitrogen and oxygen atoms in total. The van der Waals surface area contributed by atoms with Crippen LogP contribution < -0.4 is 0 Å². The highest BCUT2D eigenvalue weighted by molar-refractivity contribution is 6.75. The van der Waals surface area contributed by atoms with Crippen LogP contribution in [0.2, 0.25) is 54.4 Å². The van der Waals surface area contributed by atoms with Gasteiger partial charge >= 0.3 is 5.97 Å². The van der Waals surface area contributed by atoms with E-state index in [1.54, 1.807) is 0 Å². The molecule has 0 unspecified atom stereocenters. The van der Waals surface area contributed by atoms with E-state index in [4.69, 9.17) is 13.3 Å². The fourth-order valence-corrected chi connectivity index (χ4v) is 10.8. The topological polar surface area (TPSA) is 95.0 Å². The molecule has 0 aromatic carbocycles. The molecule has 0 aliphatic carbocycles. The molecule has 10 heteroatoms. The maximum Gasteiger partial charge on any atom is 0.305 e. The summed E-state index contributed by atoms with van der Waals surface area (Å²) in [7, 11) is -6.75. The molecule has 0 aliphatic heterocycles. The maximum absolute atomic E-state index is 15.1. The molecule has 0 radical (unpaired) electrons. The van der Waals surface area contributed by atoms with Crippen molar-refractivity contribution in [1.29, 1.82) is 0 Å². The summed E-state index contributed by atoms with van der Waals surface area (Å²) in [5.41, 5.74) is 2.44. The number of carboxylic acids is 1. The Morgan fingerprint density at radius 2 is 1.31 bits per heavy atom. The van der Waals surface area contributed by atoms with Gasteiger partial charge in [-0.1, -0.05) is 114 Å². The van der Waals surface area contributed by atoms with Crippen molar-refractivity contribution in [2.75, 3.05) is 0 Å². The van der Waals surface area contributed by atoms with Crippen molar-refractivity contribution in [1.82, 2.24) is 4.98 Å². The lowest BCUT2D eigenvalue weighted by Gasteiger charge is -2.47. The number of rotatable bonds is 23. The lowest BCUT2D eigenvalue weighted by Crippen LogP contribution is -2.55. The summed E-state index contributed by atoms with van der Waals surface area (Å²) in [6, 6.07) is 6.00. The van der Waals surface area contributed by atoms with Gasteiger partial charge in [-0.3, -0.25) is 14.6 Å². The fourth-order valence-electron chi connectivity index (χ4n) is 6.56. The van der Waals surface area contributed by atoms with Crippen LogP contribution in [0.1, 0.15) is 154 Å². The molecule has 1 aromatic heterocycles. The number of hydrogen-bond acceptors (Lipinski definition) is 6. The number of aromatic nitrogens is 1. The van der Waals surface area contributed by atoms with Crippen LogP contribution >= 0.6 is 0 Å². The largest absolute Gasteiger partial charge is 0.481 e. The van der Waals surface area contributed by atoms with Crippen molar-refractivity contribution >= 4 is 42.8 Å². The number of carbonyl (C=O) groups is 2. The molecular formula is C48H89NO6Si3. The predicted molar refractivity (Wildman–Crippen MR) is 255 cm³/mol. The van der Waals surface area contributed by atoms with Crippen LogP contribution in [0.5, 0.6) is 0 Å². The molecule has 1 heterocycles. The van der Waals surface area contributed by atoms with Gasteiger partial charge in [0.2, 0.25) is 0 Å². The van der Waals surface area contributed by atoms with Gasteiger partial charge in [0.25, 0.3) is 0 Å². The van der Waals surface area contributed by atoms with E-state index in [9.17, 15) is 9.90 Å². The van der Waals surface area contributed by atoms with E-state index in [0.717, 1.165) is 37.8 Å². The Labute approximate surface area is 360 Å². The molecule has 0 aliphatic rings. The monoisotopic (exact) mass is 860 g/mol. The summed E-state index contributed by atoms with van der Waals surface area (Å²) >= 11 is 0. The molecule has 0 fully saturated rings. The van der Waals surface area contributed by atoms with E-state index in [1.807, 2.05) is 38.2 Å². The van der Waals surface area contributed by atoms with Gasteiger partial charge in [-0.15, -0.1) is 0 Å². The molecule has 0 spiro atoms. The third-order valence-electron chi connectivity index (χ3n) is 13.9. The molecule has 0 saturated heterocycles. The van der Waals surface area contributed by atoms with Gasteiger partial charge in [-0.05, 0) is 130 Å². The number of ketones is 1. The van der Waals surface area contributed by atoms with Crippen LogP contribution in [0.15, 0.2) is 41.6 Å². The summed E-state index contributed by atoms with van der Waals surface area (Å²) in [5, 5.41) is 10.0. The minimum Gasteiger partial charge on any atom is -0.481 e. The number of carboxylic acid groups (broad SMARTS) is 1. The molecule has 334 valence electrons. The quantitative estimate of drug-likeness (QED) is 0.0865. The number of pyridine rings is 1. The minimum atomic E-state index is -2.40. The SMILES string of the molecule is CCC[C@@H](C(=O)C(C)(C)[C@H](CC(=O)O)O[Si](C)(C)C(C)(C)C)[C@@H](O[Si](C)(C)C(C)(C)C)[C@@H](C)CCC/C(C)=C/C[C@H](O[Si](C)(C)C(C)(C)C)/C(C)=C/c1ccccn1. The molecule has 0 amide bonds. The van der Waals surface area contributed by atoms with Crippen LogP contribution in [-0.4, -0.2) is 65.1 Å². The third kappa shape index (κ3) is 16.0. The van der Waals surface area contributed by atoms with Crippen molar-refractivity contribution in [2.24, 2.45) is 17.3 Å². The first kappa shape index (κ1) is 54.3. The first-order chi connectivity index (χ1) is 26.1. The average molecular weight is 860 g/mol. The smallest absolute Gasteiger partial charge is 0.305 e. The summed E-state index contributed by atoms with van der Waals surface area (Å²) < 4.78 is 21.2. The minimum absolute atomic E-state index is 0.0334. The zero-order valence-corrected chi connectivity index (χ0v) is 44.2. The van der Waals surface area contributed by atoms with Crippen molar-refractivity contribution in [3.63, 3.8) is 0 Å². The standard InChI is InChI=1S/C48H89NO6Si3/c1-22-26-39(44(52)48(14,15)41(34-42(50)51)54-57(18,19)46(8,9)10)43(55-58(20,21)47(11,12)13)36(3)28-25-27-35(2)30-31-40(53-56(16,17)45(5,6)7)37(4)33-38-29-23-24-32-49-38/h23-24,29-30,32-33,36,39-41,43H,22,25-28,31,34H2,1-21H3,(H,50,51)/b35-30+,37-33+/t36-,39+,40-,41-,43-/m0/s1. The highest BCUT2D eigenvalue weighted by atomic mass is 28.4. The molecule has 0 saturated carbocycles. The normalized spacial score (nSPS) is 17.1. The second-order valence-corrected chi connectivity index (χ2v) is 36.7. The van der Waals surface area contributed by atoms with E-state index in [0.29, 0.717) is 6.42 Å². The first-order valence-electron chi connectivity index (χ1n) is 22.2. The maximum atomic E-state index is 15.1. The number of aliphatic carboxylic acids is 1. The molecule has 1 aromatic rings. The van der Waals surface area contributed by atoms with Crippen LogP contribution in [0, 0.1) is 17.3 Å². The summed E-state index contributed by atoms with van der Waals surface area (Å²) in [6.07, 6.45) is 10.3. The Morgan fingerprint density at radius 3 is 1.78 bits per heavy atom. The zero-order valence-electron chi connectivity index (χ0n) is 41.2. The number of allylic oxidation sites excluding steroid dienone is 1. The Hall–Kier alpha value is -1.70. The van der Waals surface area contributed by atoms with Gasteiger partial charge in [-0.2, -0.15) is 0 Å². The van der Waals surface area contributed by atoms with Crippen LogP contribution in [0.3, 0.4) is 0 Å². The van der Waals surface area contributed by atoms with E-state index >= 15 is 4.79 Å². The lowest BCUT2D eigenvalue weighted by atomic mass is 9.71. The lowest BCUT2D eigenvalue weighted by molar-refractivity contribution is -0.147. The second-order valence-electron chi connectivity index (χ2n) is 22.5. The van der Waals surface area contributed by atoms with Gasteiger partial charge in [0.1, 0.15) is 5.78 Å². The first-order valence-corrected chi connectivity index (χ1v) is 30.9. The van der Waals surface area contributed by atoms with Gasteiger partial charge in [0.15, 0.2) is 25.0 Å². The molecule has 0 bridgehead atoms. The number of hydrogen-bond donors (Lipinski definition) is 1. The highest BCUT2D eigenvalue weighted by Crippen LogP contribution is 2.45. The van der Waals surface area contributed by atoms with Crippen molar-refractivity contribution in [3.8, 4) is 0 Å². The molecule has 5 atom stereocenters. The Morgan fingerprint density at radius 1 is 0.793 bits per heavy atom. The van der Waals surface area contributed by atoms with Crippen molar-refractivity contribution in [2.45, 2.75) is 222 Å². The molecule has 1 rings (SSSR count). The Balaban J connectivity index is 3.50. The van der Waals surface area contributed by atoms with Crippen LogP contribution in [0.25, 0.3) is 6.08 Å². The average Bonchev–Trinajstić information content (AvgIpc) is 3.06. The van der Waals surface area contributed by atoms with E-state index in [-0.39, 0.29) is 51.4 Å². The Kier molecular flexibility index (Phi) is 20.0. The van der Waals surface area contributed by atoms with Crippen LogP contribution in [0.4, 0.5) is 0 Å². The third-order valence-corrected chi connectivity index (χ3v) is 27.3.